The van der Waals surface area contributed by atoms with Gasteiger partial charge < -0.3 is 5.11 Å². The summed E-state index contributed by atoms with van der Waals surface area (Å²) in [6, 6.07) is -0.428. The molecule has 10 heavy (non-hydrogen) atoms. The molecule has 0 rings (SSSR count). The van der Waals surface area contributed by atoms with Crippen molar-refractivity contribution in [1.29, 1.82) is 0 Å². The van der Waals surface area contributed by atoms with Gasteiger partial charge in [0, 0.05) is 5.88 Å². The molecule has 0 saturated carbocycles. The predicted octanol–water partition coefficient (Wildman–Crippen LogP) is 0.669. The second-order valence-corrected chi connectivity index (χ2v) is 2.34. The molecule has 4 heteroatoms. The van der Waals surface area contributed by atoms with E-state index in [-0.39, 0.29) is 0 Å². The van der Waals surface area contributed by atoms with Crippen LogP contribution in [0.15, 0.2) is 0 Å². The molecule has 60 valence electrons. The fourth-order valence-corrected chi connectivity index (χ4v) is 1.10. The number of thiol groups is 1. The quantitative estimate of drug-likeness (QED) is 0.472. The first-order valence-electron chi connectivity index (χ1n) is 3.21. The highest BCUT2D eigenvalue weighted by atomic mass is 32.1. The minimum absolute atomic E-state index is 0.428. The molecule has 0 saturated heterocycles. The van der Waals surface area contributed by atoms with Gasteiger partial charge in [0.1, 0.15) is 6.04 Å². The molecule has 0 radical (unpaired) electrons. The van der Waals surface area contributed by atoms with Gasteiger partial charge in [0.05, 0.1) is 0 Å². The van der Waals surface area contributed by atoms with Gasteiger partial charge in [-0.2, -0.15) is 12.6 Å². The van der Waals surface area contributed by atoms with Crippen LogP contribution in [0.2, 0.25) is 0 Å². The van der Waals surface area contributed by atoms with Gasteiger partial charge in [-0.05, 0) is 13.5 Å². The van der Waals surface area contributed by atoms with Crippen molar-refractivity contribution in [3.63, 3.8) is 0 Å². The molecule has 0 aromatic carbocycles. The van der Waals surface area contributed by atoms with E-state index in [0.29, 0.717) is 5.88 Å². The molecule has 1 atom stereocenters. The average molecular weight is 163 g/mol. The zero-order valence-corrected chi connectivity index (χ0v) is 7.14. The summed E-state index contributed by atoms with van der Waals surface area (Å²) in [7, 11) is 0. The monoisotopic (exact) mass is 163 g/mol. The molecule has 0 amide bonds. The Morgan fingerprint density at radius 1 is 1.80 bits per heavy atom. The zero-order chi connectivity index (χ0) is 8.15. The van der Waals surface area contributed by atoms with Crippen molar-refractivity contribution in [3.05, 3.63) is 0 Å². The van der Waals surface area contributed by atoms with Gasteiger partial charge in [0.15, 0.2) is 0 Å². The van der Waals surface area contributed by atoms with Crippen molar-refractivity contribution in [2.45, 2.75) is 19.9 Å². The Morgan fingerprint density at radius 3 is 2.40 bits per heavy atom. The van der Waals surface area contributed by atoms with E-state index in [1.165, 1.54) is 0 Å². The van der Waals surface area contributed by atoms with E-state index >= 15 is 0 Å². The van der Waals surface area contributed by atoms with Crippen LogP contribution >= 0.6 is 12.6 Å². The van der Waals surface area contributed by atoms with E-state index in [1.807, 2.05) is 6.92 Å². The second kappa shape index (κ2) is 4.57. The number of likely N-dealkylation sites (N-methyl/N-ethyl adjacent to an activating group) is 1. The summed E-state index contributed by atoms with van der Waals surface area (Å²) < 4.78 is 0. The summed E-state index contributed by atoms with van der Waals surface area (Å²) in [6.07, 6.45) is 0. The van der Waals surface area contributed by atoms with Crippen LogP contribution in [-0.2, 0) is 4.79 Å². The molecule has 3 nitrogen and oxygen atoms in total. The summed E-state index contributed by atoms with van der Waals surface area (Å²) in [5.74, 6) is -0.305. The number of carboxylic acids is 1. The van der Waals surface area contributed by atoms with Gasteiger partial charge in [-0.3, -0.25) is 9.69 Å². The second-order valence-electron chi connectivity index (χ2n) is 2.06. The lowest BCUT2D eigenvalue weighted by Gasteiger charge is -2.21. The first-order valence-corrected chi connectivity index (χ1v) is 3.84. The Morgan fingerprint density at radius 2 is 2.30 bits per heavy atom. The molecular formula is C6H13NO2S. The molecule has 1 N–H and O–H groups in total. The van der Waals surface area contributed by atoms with Crippen molar-refractivity contribution >= 4 is 18.6 Å². The number of aliphatic carboxylic acids is 1. The highest BCUT2D eigenvalue weighted by Gasteiger charge is 2.16. The van der Waals surface area contributed by atoms with Crippen molar-refractivity contribution < 1.29 is 9.90 Å². The van der Waals surface area contributed by atoms with Crippen LogP contribution < -0.4 is 0 Å². The lowest BCUT2D eigenvalue weighted by molar-refractivity contribution is -0.142. The molecule has 0 bridgehead atoms. The molecular weight excluding hydrogens is 150 g/mol. The third-order valence-electron chi connectivity index (χ3n) is 1.49. The van der Waals surface area contributed by atoms with Crippen LogP contribution in [0.3, 0.4) is 0 Å². The minimum atomic E-state index is -0.795. The normalized spacial score (nSPS) is 13.6. The SMILES string of the molecule is CCN(CS)C(C)C(=O)O. The molecule has 0 aliphatic carbocycles. The highest BCUT2D eigenvalue weighted by Crippen LogP contribution is 1.99. The summed E-state index contributed by atoms with van der Waals surface area (Å²) in [5, 5.41) is 8.54. The fourth-order valence-electron chi connectivity index (χ4n) is 0.653. The molecule has 0 aromatic rings. The Labute approximate surface area is 66.4 Å². The van der Waals surface area contributed by atoms with E-state index in [9.17, 15) is 4.79 Å². The molecule has 0 spiro atoms. The summed E-state index contributed by atoms with van der Waals surface area (Å²) >= 11 is 3.99. The number of carbonyl (C=O) groups is 1. The Kier molecular flexibility index (Phi) is 4.47. The smallest absolute Gasteiger partial charge is 0.320 e. The third kappa shape index (κ3) is 2.58. The van der Waals surface area contributed by atoms with Crippen molar-refractivity contribution in [3.8, 4) is 0 Å². The first kappa shape index (κ1) is 9.78. The number of hydrogen-bond donors (Lipinski definition) is 2. The zero-order valence-electron chi connectivity index (χ0n) is 6.24. The van der Waals surface area contributed by atoms with Gasteiger partial charge in [-0.25, -0.2) is 0 Å². The van der Waals surface area contributed by atoms with E-state index in [1.54, 1.807) is 11.8 Å². The van der Waals surface area contributed by atoms with Crippen molar-refractivity contribution in [1.82, 2.24) is 4.90 Å². The van der Waals surface area contributed by atoms with Crippen LogP contribution in [0.1, 0.15) is 13.8 Å². The Bertz CT molecular complexity index is 114. The van der Waals surface area contributed by atoms with E-state index in [2.05, 4.69) is 12.6 Å². The lowest BCUT2D eigenvalue weighted by atomic mass is 10.3. The van der Waals surface area contributed by atoms with Gasteiger partial charge in [-0.15, -0.1) is 0 Å². The molecule has 1 unspecified atom stereocenters. The number of nitrogens with zero attached hydrogens (tertiary/aromatic N) is 1. The summed E-state index contributed by atoms with van der Waals surface area (Å²) in [5.41, 5.74) is 0. The maximum absolute atomic E-state index is 10.4. The lowest BCUT2D eigenvalue weighted by Crippen LogP contribution is -2.37. The predicted molar refractivity (Wildman–Crippen MR) is 43.3 cm³/mol. The van der Waals surface area contributed by atoms with Crippen LogP contribution in [0.25, 0.3) is 0 Å². The van der Waals surface area contributed by atoms with Crippen molar-refractivity contribution in [2.75, 3.05) is 12.4 Å². The van der Waals surface area contributed by atoms with Crippen molar-refractivity contribution in [2.24, 2.45) is 0 Å². The van der Waals surface area contributed by atoms with Crippen LogP contribution in [0, 0.1) is 0 Å². The number of carboxylic acid groups (broad SMARTS) is 1. The highest BCUT2D eigenvalue weighted by molar-refractivity contribution is 7.80. The van der Waals surface area contributed by atoms with Crippen LogP contribution in [0.4, 0.5) is 0 Å². The number of hydrogen-bond acceptors (Lipinski definition) is 3. The maximum atomic E-state index is 10.4. The molecule has 0 heterocycles. The van der Waals surface area contributed by atoms with Crippen LogP contribution in [-0.4, -0.2) is 34.4 Å². The van der Waals surface area contributed by atoms with Gasteiger partial charge in [0.25, 0.3) is 0 Å². The fraction of sp³-hybridized carbons (Fsp3) is 0.833. The summed E-state index contributed by atoms with van der Waals surface area (Å²) in [6.45, 7) is 4.29. The molecule has 0 aliphatic heterocycles. The minimum Gasteiger partial charge on any atom is -0.480 e. The van der Waals surface area contributed by atoms with E-state index in [0.717, 1.165) is 6.54 Å². The third-order valence-corrected chi connectivity index (χ3v) is 1.86. The first-order chi connectivity index (χ1) is 4.63. The Balaban J connectivity index is 3.88. The van der Waals surface area contributed by atoms with Gasteiger partial charge >= 0.3 is 5.97 Å². The molecule has 0 aromatic heterocycles. The van der Waals surface area contributed by atoms with E-state index < -0.39 is 12.0 Å². The average Bonchev–Trinajstić information content (AvgIpc) is 1.90. The standard InChI is InChI=1S/C6H13NO2S/c1-3-7(4-10)5(2)6(8)9/h5,10H,3-4H2,1-2H3,(H,8,9). The van der Waals surface area contributed by atoms with E-state index in [4.69, 9.17) is 5.11 Å². The van der Waals surface area contributed by atoms with Gasteiger partial charge in [0.2, 0.25) is 0 Å². The molecule has 0 aliphatic rings. The molecule has 0 fully saturated rings. The van der Waals surface area contributed by atoms with Crippen LogP contribution in [0.5, 0.6) is 0 Å². The topological polar surface area (TPSA) is 40.5 Å². The summed E-state index contributed by atoms with van der Waals surface area (Å²) in [4.78, 5) is 12.1. The Hall–Kier alpha value is -0.220. The largest absolute Gasteiger partial charge is 0.480 e. The number of rotatable bonds is 4. The van der Waals surface area contributed by atoms with Gasteiger partial charge in [-0.1, -0.05) is 6.92 Å². The maximum Gasteiger partial charge on any atom is 0.320 e.